The van der Waals surface area contributed by atoms with Crippen molar-refractivity contribution in [2.75, 3.05) is 20.1 Å². The van der Waals surface area contributed by atoms with Gasteiger partial charge in [0.1, 0.15) is 4.21 Å². The number of nitrogens with one attached hydrogen (secondary N) is 1. The topological polar surface area (TPSA) is 66.5 Å². The maximum absolute atomic E-state index is 12.6. The molecule has 29 heavy (non-hydrogen) atoms. The fourth-order valence-electron chi connectivity index (χ4n) is 2.30. The van der Waals surface area contributed by atoms with E-state index in [1.165, 1.54) is 29.6 Å². The van der Waals surface area contributed by atoms with E-state index in [0.29, 0.717) is 6.42 Å². The van der Waals surface area contributed by atoms with Crippen molar-refractivity contribution in [1.82, 2.24) is 9.62 Å². The van der Waals surface area contributed by atoms with Crippen LogP contribution < -0.4 is 5.32 Å². The number of hydrogen-bond donors (Lipinski definition) is 1. The monoisotopic (exact) mass is 444 g/mol. The quantitative estimate of drug-likeness (QED) is 0.667. The summed E-state index contributed by atoms with van der Waals surface area (Å²) < 4.78 is 63.9. The number of thiophene rings is 1. The highest BCUT2D eigenvalue weighted by atomic mass is 32.2. The fourth-order valence-corrected chi connectivity index (χ4v) is 4.71. The zero-order valence-electron chi connectivity index (χ0n) is 15.5. The van der Waals surface area contributed by atoms with Gasteiger partial charge in [-0.15, -0.1) is 11.3 Å². The molecule has 0 bridgehead atoms. The molecular formula is C19H19F3N2O3S2. The van der Waals surface area contributed by atoms with Crippen LogP contribution in [0.1, 0.15) is 24.0 Å². The van der Waals surface area contributed by atoms with Gasteiger partial charge in [-0.3, -0.25) is 4.79 Å². The lowest BCUT2D eigenvalue weighted by atomic mass is 10.1. The van der Waals surface area contributed by atoms with Crippen molar-refractivity contribution in [1.29, 1.82) is 0 Å². The molecule has 0 saturated heterocycles. The molecule has 1 amide bonds. The maximum Gasteiger partial charge on any atom is 0.416 e. The summed E-state index contributed by atoms with van der Waals surface area (Å²) in [4.78, 5) is 11.8. The smallest absolute Gasteiger partial charge is 0.345 e. The molecule has 2 aromatic rings. The minimum Gasteiger partial charge on any atom is -0.345 e. The van der Waals surface area contributed by atoms with Crippen LogP contribution in [-0.4, -0.2) is 38.8 Å². The van der Waals surface area contributed by atoms with E-state index in [1.54, 1.807) is 11.4 Å². The Morgan fingerprint density at radius 2 is 2.00 bits per heavy atom. The van der Waals surface area contributed by atoms with Gasteiger partial charge in [0, 0.05) is 25.6 Å². The van der Waals surface area contributed by atoms with Crippen LogP contribution in [0, 0.1) is 11.8 Å². The summed E-state index contributed by atoms with van der Waals surface area (Å²) in [5.41, 5.74) is -0.579. The Bertz CT molecular complexity index is 992. The molecule has 1 N–H and O–H groups in total. The van der Waals surface area contributed by atoms with Crippen LogP contribution in [0.25, 0.3) is 0 Å². The molecular weight excluding hydrogens is 425 g/mol. The van der Waals surface area contributed by atoms with Gasteiger partial charge in [0.05, 0.1) is 12.1 Å². The van der Waals surface area contributed by atoms with Crippen LogP contribution in [-0.2, 0) is 21.0 Å². The number of sulfonamides is 1. The maximum atomic E-state index is 12.6. The summed E-state index contributed by atoms with van der Waals surface area (Å²) in [5, 5.41) is 4.21. The fraction of sp³-hybridized carbons (Fsp3) is 0.316. The highest BCUT2D eigenvalue weighted by Crippen LogP contribution is 2.29. The predicted molar refractivity (Wildman–Crippen MR) is 105 cm³/mol. The number of amides is 1. The third-order valence-electron chi connectivity index (χ3n) is 3.83. The normalized spacial score (nSPS) is 11.8. The molecule has 2 rings (SSSR count). The van der Waals surface area contributed by atoms with Gasteiger partial charge in [-0.2, -0.15) is 13.2 Å². The molecule has 0 radical (unpaired) electrons. The molecule has 0 unspecified atom stereocenters. The number of benzene rings is 1. The van der Waals surface area contributed by atoms with Crippen LogP contribution in [0.4, 0.5) is 13.2 Å². The third-order valence-corrected chi connectivity index (χ3v) is 7.06. The van der Waals surface area contributed by atoms with Crippen LogP contribution in [0.15, 0.2) is 46.0 Å². The number of carbonyl (C=O) groups is 1. The molecule has 10 heteroatoms. The van der Waals surface area contributed by atoms with E-state index in [2.05, 4.69) is 17.2 Å². The van der Waals surface area contributed by atoms with E-state index in [4.69, 9.17) is 0 Å². The van der Waals surface area contributed by atoms with E-state index in [1.807, 2.05) is 0 Å². The number of carbonyl (C=O) groups excluding carboxylic acids is 1. The molecule has 0 aliphatic heterocycles. The number of rotatable bonds is 7. The number of nitrogens with zero attached hydrogens (tertiary/aromatic N) is 1. The second-order valence-corrected chi connectivity index (χ2v) is 9.24. The largest absolute Gasteiger partial charge is 0.416 e. The van der Waals surface area contributed by atoms with E-state index >= 15 is 0 Å². The van der Waals surface area contributed by atoms with Crippen molar-refractivity contribution in [2.45, 2.75) is 23.2 Å². The molecule has 0 fully saturated rings. The minimum absolute atomic E-state index is 0.0155. The van der Waals surface area contributed by atoms with E-state index < -0.39 is 21.8 Å². The van der Waals surface area contributed by atoms with E-state index in [9.17, 15) is 26.4 Å². The van der Waals surface area contributed by atoms with E-state index in [-0.39, 0.29) is 35.2 Å². The zero-order valence-corrected chi connectivity index (χ0v) is 17.1. The van der Waals surface area contributed by atoms with Gasteiger partial charge in [0.2, 0.25) is 5.91 Å². The van der Waals surface area contributed by atoms with Gasteiger partial charge in [0.15, 0.2) is 0 Å². The lowest BCUT2D eigenvalue weighted by Gasteiger charge is -2.15. The number of hydrogen-bond acceptors (Lipinski definition) is 4. The van der Waals surface area contributed by atoms with Crippen LogP contribution in [0.2, 0.25) is 0 Å². The number of halogens is 3. The van der Waals surface area contributed by atoms with Crippen molar-refractivity contribution in [3.63, 3.8) is 0 Å². The highest BCUT2D eigenvalue weighted by molar-refractivity contribution is 7.91. The Kier molecular flexibility index (Phi) is 7.84. The first-order chi connectivity index (χ1) is 13.6. The van der Waals surface area contributed by atoms with Crippen molar-refractivity contribution in [2.24, 2.45) is 0 Å². The summed E-state index contributed by atoms with van der Waals surface area (Å²) in [7, 11) is -2.09. The first-order valence-electron chi connectivity index (χ1n) is 8.53. The lowest BCUT2D eigenvalue weighted by Crippen LogP contribution is -2.29. The molecule has 0 aliphatic rings. The van der Waals surface area contributed by atoms with Crippen molar-refractivity contribution in [3.05, 3.63) is 52.9 Å². The van der Waals surface area contributed by atoms with Crippen molar-refractivity contribution < 1.29 is 26.4 Å². The van der Waals surface area contributed by atoms with Gasteiger partial charge in [-0.25, -0.2) is 12.7 Å². The average molecular weight is 445 g/mol. The van der Waals surface area contributed by atoms with E-state index in [0.717, 1.165) is 23.5 Å². The first kappa shape index (κ1) is 22.9. The zero-order chi connectivity index (χ0) is 21.5. The van der Waals surface area contributed by atoms with Gasteiger partial charge < -0.3 is 5.32 Å². The van der Waals surface area contributed by atoms with Gasteiger partial charge in [-0.05, 0) is 36.1 Å². The molecule has 1 aromatic carbocycles. The summed E-state index contributed by atoms with van der Waals surface area (Å²) in [5.74, 6) is 4.86. The molecule has 0 aliphatic carbocycles. The molecule has 5 nitrogen and oxygen atoms in total. The lowest BCUT2D eigenvalue weighted by molar-refractivity contribution is -0.137. The van der Waals surface area contributed by atoms with Gasteiger partial charge >= 0.3 is 6.18 Å². The van der Waals surface area contributed by atoms with Gasteiger partial charge in [-0.1, -0.05) is 24.0 Å². The molecule has 156 valence electrons. The molecule has 1 heterocycles. The SMILES string of the molecule is CN(CCCC(=O)NCC#Cc1cccc(C(F)(F)F)c1)S(=O)(=O)c1cccs1. The highest BCUT2D eigenvalue weighted by Gasteiger charge is 2.30. The molecule has 0 spiro atoms. The van der Waals surface area contributed by atoms with Crippen LogP contribution in [0.3, 0.4) is 0 Å². The molecule has 1 aromatic heterocycles. The summed E-state index contributed by atoms with van der Waals surface area (Å²) in [6.45, 7) is 0.169. The Labute approximate surface area is 171 Å². The Morgan fingerprint density at radius 3 is 2.66 bits per heavy atom. The Balaban J connectivity index is 1.75. The summed E-state index contributed by atoms with van der Waals surface area (Å²) >= 11 is 1.13. The van der Waals surface area contributed by atoms with Crippen LogP contribution >= 0.6 is 11.3 Å². The van der Waals surface area contributed by atoms with Crippen LogP contribution in [0.5, 0.6) is 0 Å². The second kappa shape index (κ2) is 9.91. The first-order valence-corrected chi connectivity index (χ1v) is 10.9. The Hall–Kier alpha value is -2.35. The summed E-state index contributed by atoms with van der Waals surface area (Å²) in [6, 6.07) is 7.80. The second-order valence-electron chi connectivity index (χ2n) is 6.02. The predicted octanol–water partition coefficient (Wildman–Crippen LogP) is 3.34. The van der Waals surface area contributed by atoms with Gasteiger partial charge in [0.25, 0.3) is 10.0 Å². The summed E-state index contributed by atoms with van der Waals surface area (Å²) in [6.07, 6.45) is -4.00. The van der Waals surface area contributed by atoms with Crippen molar-refractivity contribution >= 4 is 27.3 Å². The Morgan fingerprint density at radius 1 is 1.24 bits per heavy atom. The average Bonchev–Trinajstić information content (AvgIpc) is 3.20. The number of alkyl halides is 3. The van der Waals surface area contributed by atoms with Crippen molar-refractivity contribution in [3.8, 4) is 11.8 Å². The standard InChI is InChI=1S/C19H19F3N2O3S2/c1-24(29(26,27)18-10-5-13-28-18)12-4-9-17(25)23-11-3-7-15-6-2-8-16(14-15)19(20,21)22/h2,5-6,8,10,13-14H,4,9,11-12H2,1H3,(H,23,25). The molecule has 0 saturated carbocycles. The third kappa shape index (κ3) is 6.88. The minimum atomic E-state index is -4.43. The molecule has 0 atom stereocenters.